The predicted molar refractivity (Wildman–Crippen MR) is 189 cm³/mol. The Hall–Kier alpha value is -4.18. The van der Waals surface area contributed by atoms with E-state index in [1.807, 2.05) is 24.3 Å². The SMILES string of the molecule is CC1C=C(Oc2ccc(C(C)(C)I)cc2)C=CC1N1C(=O)c2ccc(C(c3ccc4c(c3)C3OC3N(C(C)C)C4=O)(C(F)(F)F)C(F)(F)F)cc2C1=O. The van der Waals surface area contributed by atoms with Crippen molar-refractivity contribution in [2.24, 2.45) is 5.92 Å². The topological polar surface area (TPSA) is 79.5 Å². The first-order chi connectivity index (χ1) is 24.7. The van der Waals surface area contributed by atoms with Crippen molar-refractivity contribution in [2.75, 3.05) is 0 Å². The number of hydrogen-bond donors (Lipinski definition) is 0. The lowest BCUT2D eigenvalue weighted by Gasteiger charge is -2.39. The third kappa shape index (κ3) is 5.87. The lowest BCUT2D eigenvalue weighted by atomic mass is 9.71. The molecule has 4 unspecified atom stereocenters. The molecule has 0 aromatic heterocycles. The number of allylic oxidation sites excluding steroid dienone is 1. The second kappa shape index (κ2) is 12.4. The van der Waals surface area contributed by atoms with Crippen molar-refractivity contribution >= 4 is 40.3 Å². The summed E-state index contributed by atoms with van der Waals surface area (Å²) in [6.45, 7) is 9.28. The zero-order valence-corrected chi connectivity index (χ0v) is 31.1. The minimum absolute atomic E-state index is 0.0553. The summed E-state index contributed by atoms with van der Waals surface area (Å²) in [5.41, 5.74) is -7.06. The Morgan fingerprint density at radius 3 is 1.91 bits per heavy atom. The van der Waals surface area contributed by atoms with E-state index in [1.54, 1.807) is 39.0 Å². The average molecular weight is 851 g/mol. The van der Waals surface area contributed by atoms with E-state index in [2.05, 4.69) is 36.4 Å². The van der Waals surface area contributed by atoms with E-state index in [-0.39, 0.29) is 26.2 Å². The zero-order valence-electron chi connectivity index (χ0n) is 29.0. The Morgan fingerprint density at radius 1 is 0.774 bits per heavy atom. The Morgan fingerprint density at radius 2 is 1.34 bits per heavy atom. The van der Waals surface area contributed by atoms with E-state index >= 15 is 26.3 Å². The van der Waals surface area contributed by atoms with Crippen molar-refractivity contribution in [2.45, 2.75) is 80.2 Å². The van der Waals surface area contributed by atoms with Gasteiger partial charge in [0.05, 0.1) is 17.2 Å². The third-order valence-electron chi connectivity index (χ3n) is 10.3. The van der Waals surface area contributed by atoms with Gasteiger partial charge in [-0.2, -0.15) is 26.3 Å². The number of epoxide rings is 1. The summed E-state index contributed by atoms with van der Waals surface area (Å²) in [5.74, 6) is -1.99. The van der Waals surface area contributed by atoms with Crippen molar-refractivity contribution in [1.29, 1.82) is 0 Å². The number of ether oxygens (including phenoxy) is 2. The molecule has 7 nitrogen and oxygen atoms in total. The number of imide groups is 1. The van der Waals surface area contributed by atoms with Crippen LogP contribution in [0.1, 0.15) is 94.1 Å². The average Bonchev–Trinajstić information content (AvgIpc) is 3.80. The number of fused-ring (bicyclic) bond motifs is 4. The summed E-state index contributed by atoms with van der Waals surface area (Å²) in [7, 11) is 0. The first-order valence-electron chi connectivity index (χ1n) is 16.8. The van der Waals surface area contributed by atoms with Crippen LogP contribution in [0.15, 0.2) is 84.7 Å². The van der Waals surface area contributed by atoms with Crippen molar-refractivity contribution in [1.82, 2.24) is 9.80 Å². The minimum Gasteiger partial charge on any atom is -0.458 e. The molecule has 3 aromatic rings. The lowest BCUT2D eigenvalue weighted by molar-refractivity contribution is -0.288. The number of carbonyl (C=O) groups excluding carboxylic acids is 3. The molecule has 0 bridgehead atoms. The maximum atomic E-state index is 15.2. The van der Waals surface area contributed by atoms with Crippen molar-refractivity contribution in [3.05, 3.63) is 124 Å². The molecule has 0 radical (unpaired) electrons. The molecule has 0 saturated carbocycles. The van der Waals surface area contributed by atoms with Gasteiger partial charge in [-0.05, 0) is 92.4 Å². The molecule has 3 heterocycles. The summed E-state index contributed by atoms with van der Waals surface area (Å²) < 4.78 is 103. The first kappa shape index (κ1) is 37.1. The maximum Gasteiger partial charge on any atom is 0.411 e. The Bertz CT molecular complexity index is 2090. The van der Waals surface area contributed by atoms with Crippen LogP contribution in [0.5, 0.6) is 5.75 Å². The molecule has 4 atom stereocenters. The number of halogens is 7. The van der Waals surface area contributed by atoms with Gasteiger partial charge >= 0.3 is 12.4 Å². The van der Waals surface area contributed by atoms with Crippen LogP contribution in [0.3, 0.4) is 0 Å². The summed E-state index contributed by atoms with van der Waals surface area (Å²) in [6.07, 6.45) is -8.86. The van der Waals surface area contributed by atoms with Gasteiger partial charge in [0.25, 0.3) is 17.7 Å². The first-order valence-corrected chi connectivity index (χ1v) is 17.9. The molecule has 53 heavy (non-hydrogen) atoms. The summed E-state index contributed by atoms with van der Waals surface area (Å²) >= 11 is 2.32. The van der Waals surface area contributed by atoms with Crippen LogP contribution >= 0.6 is 22.6 Å². The quantitative estimate of drug-likeness (QED) is 0.0780. The molecule has 1 fully saturated rings. The van der Waals surface area contributed by atoms with Gasteiger partial charge in [0.15, 0.2) is 6.23 Å². The van der Waals surface area contributed by atoms with Crippen molar-refractivity contribution in [3.8, 4) is 5.75 Å². The summed E-state index contributed by atoms with van der Waals surface area (Å²) in [6, 6.07) is 10.5. The molecular weight excluding hydrogens is 817 g/mol. The zero-order chi connectivity index (χ0) is 38.6. The van der Waals surface area contributed by atoms with Crippen LogP contribution in [0.2, 0.25) is 0 Å². The largest absolute Gasteiger partial charge is 0.458 e. The number of hydrogen-bond acceptors (Lipinski definition) is 5. The van der Waals surface area contributed by atoms with E-state index in [0.717, 1.165) is 28.7 Å². The van der Waals surface area contributed by atoms with Crippen LogP contribution in [-0.2, 0) is 13.6 Å². The van der Waals surface area contributed by atoms with Gasteiger partial charge in [0.1, 0.15) is 17.6 Å². The van der Waals surface area contributed by atoms with Gasteiger partial charge in [-0.15, -0.1) is 0 Å². The number of carbonyl (C=O) groups is 3. The highest BCUT2D eigenvalue weighted by atomic mass is 127. The highest BCUT2D eigenvalue weighted by Gasteiger charge is 2.73. The van der Waals surface area contributed by atoms with Crippen LogP contribution in [0, 0.1) is 5.92 Å². The van der Waals surface area contributed by atoms with Gasteiger partial charge in [0, 0.05) is 20.9 Å². The van der Waals surface area contributed by atoms with Crippen molar-refractivity contribution < 1.29 is 50.2 Å². The fourth-order valence-electron chi connectivity index (χ4n) is 7.52. The molecule has 1 aliphatic carbocycles. The van der Waals surface area contributed by atoms with Crippen LogP contribution in [0.25, 0.3) is 0 Å². The standard InChI is InChI=1S/C39H33F6IN2O5/c1-19(2)47-32(49)26-13-8-22(17-28(26)31-35(47)53-31)37(38(40,41)42,39(43,44)45)23-9-14-27-29(18-23)34(51)48(33(27)50)30-15-12-25(16-20(30)3)52-24-10-6-21(7-11-24)36(4,5)46/h6-20,30-31,35H,1-5H3. The highest BCUT2D eigenvalue weighted by molar-refractivity contribution is 14.1. The fraction of sp³-hybridized carbons (Fsp3) is 0.359. The molecular formula is C39H33F6IN2O5. The Balaban J connectivity index is 1.22. The van der Waals surface area contributed by atoms with Gasteiger partial charge in [-0.1, -0.05) is 65.9 Å². The third-order valence-corrected chi connectivity index (χ3v) is 10.9. The normalized spacial score (nSPS) is 22.9. The number of alkyl halides is 7. The maximum absolute atomic E-state index is 15.2. The smallest absolute Gasteiger partial charge is 0.411 e. The summed E-state index contributed by atoms with van der Waals surface area (Å²) in [5, 5.41) is 0. The molecule has 1 saturated heterocycles. The highest BCUT2D eigenvalue weighted by Crippen LogP contribution is 2.58. The van der Waals surface area contributed by atoms with Crippen LogP contribution in [0.4, 0.5) is 26.3 Å². The lowest BCUT2D eigenvalue weighted by Crippen LogP contribution is -2.55. The van der Waals surface area contributed by atoms with E-state index in [4.69, 9.17) is 9.47 Å². The number of rotatable bonds is 7. The number of amides is 3. The minimum atomic E-state index is -5.97. The molecule has 278 valence electrons. The Labute approximate surface area is 314 Å². The van der Waals surface area contributed by atoms with E-state index in [0.29, 0.717) is 29.7 Å². The van der Waals surface area contributed by atoms with Crippen molar-refractivity contribution in [3.63, 3.8) is 0 Å². The van der Waals surface area contributed by atoms with Gasteiger partial charge in [-0.25, -0.2) is 0 Å². The monoisotopic (exact) mass is 850 g/mol. The predicted octanol–water partition coefficient (Wildman–Crippen LogP) is 9.16. The van der Waals surface area contributed by atoms with Gasteiger partial charge in [-0.3, -0.25) is 19.3 Å². The molecule has 7 rings (SSSR count). The number of nitrogens with zero attached hydrogens (tertiary/aromatic N) is 2. The molecule has 0 N–H and O–H groups in total. The number of benzene rings is 3. The fourth-order valence-corrected chi connectivity index (χ4v) is 7.88. The second-order valence-corrected chi connectivity index (χ2v) is 17.1. The van der Waals surface area contributed by atoms with E-state index in [1.165, 1.54) is 4.90 Å². The Kier molecular flexibility index (Phi) is 8.71. The van der Waals surface area contributed by atoms with E-state index in [9.17, 15) is 14.4 Å². The summed E-state index contributed by atoms with van der Waals surface area (Å²) in [4.78, 5) is 42.8. The molecule has 14 heteroatoms. The molecule has 4 aliphatic rings. The van der Waals surface area contributed by atoms with Crippen LogP contribution < -0.4 is 4.74 Å². The molecule has 3 amide bonds. The van der Waals surface area contributed by atoms with E-state index < -0.39 is 76.5 Å². The van der Waals surface area contributed by atoms with Gasteiger partial charge in [0.2, 0.25) is 5.41 Å². The second-order valence-electron chi connectivity index (χ2n) is 14.4. The molecule has 3 aliphatic heterocycles. The molecule has 0 spiro atoms. The van der Waals surface area contributed by atoms with Crippen LogP contribution in [-0.4, -0.2) is 58.2 Å². The van der Waals surface area contributed by atoms with Gasteiger partial charge < -0.3 is 14.4 Å². The molecule has 3 aromatic carbocycles.